The molecule has 9 heteroatoms. The second-order valence-corrected chi connectivity index (χ2v) is 7.52. The van der Waals surface area contributed by atoms with E-state index in [9.17, 15) is 0 Å². The van der Waals surface area contributed by atoms with E-state index in [0.29, 0.717) is 102 Å². The molecule has 3 rings (SSSR count). The van der Waals surface area contributed by atoms with Crippen molar-refractivity contribution >= 4 is 0 Å². The molecule has 1 aliphatic rings. The van der Waals surface area contributed by atoms with Crippen LogP contribution in [0.2, 0.25) is 0 Å². The molecule has 2 aromatic carbocycles. The zero-order valence-corrected chi connectivity index (χ0v) is 22.2. The number of ether oxygens (including phenoxy) is 9. The first-order valence-electron chi connectivity index (χ1n) is 12.9. The molecule has 0 N–H and O–H groups in total. The van der Waals surface area contributed by atoms with Gasteiger partial charge >= 0.3 is 0 Å². The van der Waals surface area contributed by atoms with E-state index in [1.807, 2.05) is 62.4 Å². The van der Waals surface area contributed by atoms with Gasteiger partial charge in [-0.2, -0.15) is 0 Å². The van der Waals surface area contributed by atoms with Crippen LogP contribution in [0.1, 0.15) is 13.8 Å². The van der Waals surface area contributed by atoms with Crippen molar-refractivity contribution in [2.24, 2.45) is 0 Å². The van der Waals surface area contributed by atoms with Crippen molar-refractivity contribution in [3.05, 3.63) is 48.5 Å². The molecule has 0 saturated heterocycles. The third kappa shape index (κ3) is 14.7. The highest BCUT2D eigenvalue weighted by molar-refractivity contribution is 5.40. The molecule has 0 atom stereocenters. The standard InChI is InChI=1S/C24H32O8.C4H10O/c1-2-6-22-21(5-1)29-17-13-25-9-10-27-15-19-31-23-7-3-4-8-24(23)32-20-16-28-12-11-26-14-18-30-22;1-3-5-4-2/h1-8H,9-20H2;3-4H2,1-2H3. The second kappa shape index (κ2) is 21.5. The fraction of sp³-hybridized carbons (Fsp3) is 0.571. The minimum absolute atomic E-state index is 0.425. The number of rotatable bonds is 2. The topological polar surface area (TPSA) is 83.1 Å². The van der Waals surface area contributed by atoms with Gasteiger partial charge in [0.15, 0.2) is 23.0 Å². The van der Waals surface area contributed by atoms with Crippen molar-refractivity contribution < 1.29 is 42.6 Å². The third-order valence-corrected chi connectivity index (χ3v) is 4.79. The van der Waals surface area contributed by atoms with Crippen LogP contribution in [0.15, 0.2) is 48.5 Å². The molecule has 0 aliphatic carbocycles. The summed E-state index contributed by atoms with van der Waals surface area (Å²) in [7, 11) is 0. The van der Waals surface area contributed by atoms with E-state index in [1.54, 1.807) is 0 Å². The molecule has 9 nitrogen and oxygen atoms in total. The first-order chi connectivity index (χ1) is 18.3. The third-order valence-electron chi connectivity index (χ3n) is 4.79. The molecule has 2 aromatic rings. The number of hydrogen-bond acceptors (Lipinski definition) is 9. The average Bonchev–Trinajstić information content (AvgIpc) is 2.92. The van der Waals surface area contributed by atoms with Crippen molar-refractivity contribution in [3.8, 4) is 23.0 Å². The quantitative estimate of drug-likeness (QED) is 0.581. The van der Waals surface area contributed by atoms with Gasteiger partial charge in [-0.25, -0.2) is 0 Å². The van der Waals surface area contributed by atoms with Crippen LogP contribution in [0.25, 0.3) is 0 Å². The molecule has 0 amide bonds. The van der Waals surface area contributed by atoms with Crippen LogP contribution in [-0.4, -0.2) is 92.5 Å². The van der Waals surface area contributed by atoms with Crippen molar-refractivity contribution in [2.45, 2.75) is 13.8 Å². The molecular formula is C28H42O9. The molecular weight excluding hydrogens is 480 g/mol. The van der Waals surface area contributed by atoms with Crippen LogP contribution in [0.3, 0.4) is 0 Å². The first kappa shape index (κ1) is 30.7. The van der Waals surface area contributed by atoms with Crippen LogP contribution in [0.4, 0.5) is 0 Å². The lowest BCUT2D eigenvalue weighted by Gasteiger charge is -2.14. The molecule has 37 heavy (non-hydrogen) atoms. The molecule has 0 aromatic heterocycles. The van der Waals surface area contributed by atoms with E-state index >= 15 is 0 Å². The molecule has 0 saturated carbocycles. The van der Waals surface area contributed by atoms with E-state index in [2.05, 4.69) is 0 Å². The van der Waals surface area contributed by atoms with Crippen molar-refractivity contribution in [1.82, 2.24) is 0 Å². The Kier molecular flexibility index (Phi) is 17.8. The average molecular weight is 523 g/mol. The molecule has 1 heterocycles. The molecule has 0 radical (unpaired) electrons. The lowest BCUT2D eigenvalue weighted by molar-refractivity contribution is 0.0223. The van der Waals surface area contributed by atoms with E-state index in [0.717, 1.165) is 13.2 Å². The number of hydrogen-bond donors (Lipinski definition) is 0. The van der Waals surface area contributed by atoms with E-state index in [4.69, 9.17) is 42.6 Å². The predicted octanol–water partition coefficient (Wildman–Crippen LogP) is 4.02. The summed E-state index contributed by atoms with van der Waals surface area (Å²) in [4.78, 5) is 0. The Balaban J connectivity index is 0.000000877. The van der Waals surface area contributed by atoms with Gasteiger partial charge in [-0.1, -0.05) is 24.3 Å². The number of fused-ring (bicyclic) bond motifs is 2. The highest BCUT2D eigenvalue weighted by Gasteiger charge is 2.06. The smallest absolute Gasteiger partial charge is 0.161 e. The van der Waals surface area contributed by atoms with Gasteiger partial charge in [-0.05, 0) is 38.1 Å². The summed E-state index contributed by atoms with van der Waals surface area (Å²) in [6.07, 6.45) is 0. The van der Waals surface area contributed by atoms with Crippen molar-refractivity contribution in [2.75, 3.05) is 92.5 Å². The normalized spacial score (nSPS) is 16.9. The van der Waals surface area contributed by atoms with Gasteiger partial charge < -0.3 is 42.6 Å². The highest BCUT2D eigenvalue weighted by atomic mass is 16.6. The van der Waals surface area contributed by atoms with E-state index in [-0.39, 0.29) is 0 Å². The lowest BCUT2D eigenvalue weighted by atomic mass is 10.3. The maximum Gasteiger partial charge on any atom is 0.161 e. The Bertz CT molecular complexity index is 675. The van der Waals surface area contributed by atoms with E-state index < -0.39 is 0 Å². The summed E-state index contributed by atoms with van der Waals surface area (Å²) in [6.45, 7) is 11.1. The van der Waals surface area contributed by atoms with Crippen LogP contribution < -0.4 is 18.9 Å². The zero-order chi connectivity index (χ0) is 26.2. The first-order valence-corrected chi connectivity index (χ1v) is 12.9. The van der Waals surface area contributed by atoms with Gasteiger partial charge in [0.25, 0.3) is 0 Å². The summed E-state index contributed by atoms with van der Waals surface area (Å²) in [5, 5.41) is 0. The summed E-state index contributed by atoms with van der Waals surface area (Å²) in [6, 6.07) is 15.1. The van der Waals surface area contributed by atoms with Crippen LogP contribution >= 0.6 is 0 Å². The monoisotopic (exact) mass is 522 g/mol. The summed E-state index contributed by atoms with van der Waals surface area (Å²) >= 11 is 0. The summed E-state index contributed by atoms with van der Waals surface area (Å²) < 4.78 is 50.2. The number of benzene rings is 2. The maximum absolute atomic E-state index is 5.78. The van der Waals surface area contributed by atoms with Gasteiger partial charge in [0.2, 0.25) is 0 Å². The fourth-order valence-corrected chi connectivity index (χ4v) is 3.07. The molecule has 1 aliphatic heterocycles. The van der Waals surface area contributed by atoms with Gasteiger partial charge in [-0.15, -0.1) is 0 Å². The lowest BCUT2D eigenvalue weighted by Crippen LogP contribution is -2.15. The Hall–Kier alpha value is -2.56. The van der Waals surface area contributed by atoms with Crippen molar-refractivity contribution in [3.63, 3.8) is 0 Å². The second-order valence-electron chi connectivity index (χ2n) is 7.52. The SMILES string of the molecule is CCOCC.c1ccc2c(c1)OCCOCCOCCOc1ccccc1OCCOCCOCCO2. The molecule has 208 valence electrons. The fourth-order valence-electron chi connectivity index (χ4n) is 3.07. The van der Waals surface area contributed by atoms with Gasteiger partial charge in [0, 0.05) is 13.2 Å². The van der Waals surface area contributed by atoms with Gasteiger partial charge in [0.1, 0.15) is 26.4 Å². The zero-order valence-electron chi connectivity index (χ0n) is 22.2. The van der Waals surface area contributed by atoms with Gasteiger partial charge in [-0.3, -0.25) is 0 Å². The largest absolute Gasteiger partial charge is 0.487 e. The maximum atomic E-state index is 5.78. The Morgan fingerprint density at radius 3 is 0.892 bits per heavy atom. The predicted molar refractivity (Wildman–Crippen MR) is 140 cm³/mol. The molecule has 0 spiro atoms. The van der Waals surface area contributed by atoms with Crippen LogP contribution in [0.5, 0.6) is 23.0 Å². The van der Waals surface area contributed by atoms with E-state index in [1.165, 1.54) is 0 Å². The Morgan fingerprint density at radius 1 is 0.432 bits per heavy atom. The molecule has 0 fully saturated rings. The highest BCUT2D eigenvalue weighted by Crippen LogP contribution is 2.27. The minimum Gasteiger partial charge on any atom is -0.487 e. The summed E-state index contributed by atoms with van der Waals surface area (Å²) in [5.41, 5.74) is 0. The van der Waals surface area contributed by atoms with Crippen molar-refractivity contribution in [1.29, 1.82) is 0 Å². The Labute approximate surface area is 220 Å². The van der Waals surface area contributed by atoms with Crippen LogP contribution in [0, 0.1) is 0 Å². The minimum atomic E-state index is 0.425. The summed E-state index contributed by atoms with van der Waals surface area (Å²) in [5.74, 6) is 2.73. The molecule has 0 bridgehead atoms. The van der Waals surface area contributed by atoms with Gasteiger partial charge in [0.05, 0.1) is 52.9 Å². The molecule has 0 unspecified atom stereocenters. The van der Waals surface area contributed by atoms with Crippen LogP contribution in [-0.2, 0) is 23.7 Å². The number of para-hydroxylation sites is 4. The Morgan fingerprint density at radius 2 is 0.676 bits per heavy atom.